The summed E-state index contributed by atoms with van der Waals surface area (Å²) in [7, 11) is 0. The summed E-state index contributed by atoms with van der Waals surface area (Å²) in [6.07, 6.45) is 3.14. The number of nitrogens with zero attached hydrogens (tertiary/aromatic N) is 3. The minimum atomic E-state index is 0.327. The fourth-order valence-corrected chi connectivity index (χ4v) is 1.01. The summed E-state index contributed by atoms with van der Waals surface area (Å²) in [5.41, 5.74) is 5.47. The van der Waals surface area contributed by atoms with Crippen molar-refractivity contribution in [2.24, 2.45) is 0 Å². The Labute approximate surface area is 72.3 Å². The second-order valence-corrected chi connectivity index (χ2v) is 2.76. The van der Waals surface area contributed by atoms with E-state index in [0.29, 0.717) is 11.8 Å². The lowest BCUT2D eigenvalue weighted by Crippen LogP contribution is -2.04. The molecule has 0 saturated heterocycles. The Balaban J connectivity index is 2.72. The molecule has 0 unspecified atom stereocenters. The summed E-state index contributed by atoms with van der Waals surface area (Å²) in [4.78, 5) is 12.1. The van der Waals surface area contributed by atoms with E-state index in [1.807, 2.05) is 6.92 Å². The third kappa shape index (κ3) is 2.45. The van der Waals surface area contributed by atoms with Crippen molar-refractivity contribution in [1.82, 2.24) is 15.0 Å². The van der Waals surface area contributed by atoms with Crippen LogP contribution in [0.25, 0.3) is 0 Å². The summed E-state index contributed by atoms with van der Waals surface area (Å²) in [5, 5.41) is 0. The van der Waals surface area contributed by atoms with Gasteiger partial charge in [0.1, 0.15) is 11.6 Å². The van der Waals surface area contributed by atoms with Crippen LogP contribution in [0.15, 0.2) is 0 Å². The summed E-state index contributed by atoms with van der Waals surface area (Å²) in [5.74, 6) is 1.84. The zero-order valence-corrected chi connectivity index (χ0v) is 7.54. The molecule has 0 saturated carbocycles. The summed E-state index contributed by atoms with van der Waals surface area (Å²) in [6, 6.07) is 0. The highest BCUT2D eigenvalue weighted by atomic mass is 15.1. The average Bonchev–Trinajstić information content (AvgIpc) is 1.99. The van der Waals surface area contributed by atoms with E-state index in [0.717, 1.165) is 25.1 Å². The Morgan fingerprint density at radius 3 is 2.58 bits per heavy atom. The molecule has 66 valence electrons. The van der Waals surface area contributed by atoms with Crippen LogP contribution in [0.2, 0.25) is 0 Å². The first kappa shape index (κ1) is 8.90. The monoisotopic (exact) mass is 166 g/mol. The van der Waals surface area contributed by atoms with Crippen LogP contribution in [0.1, 0.15) is 31.4 Å². The van der Waals surface area contributed by atoms with E-state index in [2.05, 4.69) is 21.9 Å². The molecule has 0 aliphatic carbocycles. The van der Waals surface area contributed by atoms with Crippen LogP contribution in [-0.2, 0) is 6.42 Å². The summed E-state index contributed by atoms with van der Waals surface area (Å²) < 4.78 is 0. The number of hydrogen-bond acceptors (Lipinski definition) is 4. The lowest BCUT2D eigenvalue weighted by molar-refractivity contribution is 0.739. The Bertz CT molecular complexity index is 239. The normalized spacial score (nSPS) is 10.2. The van der Waals surface area contributed by atoms with Gasteiger partial charge in [-0.1, -0.05) is 13.3 Å². The number of anilines is 1. The molecule has 12 heavy (non-hydrogen) atoms. The van der Waals surface area contributed by atoms with Crippen molar-refractivity contribution < 1.29 is 0 Å². The topological polar surface area (TPSA) is 64.7 Å². The van der Waals surface area contributed by atoms with Gasteiger partial charge in [0, 0.05) is 6.42 Å². The maximum absolute atomic E-state index is 5.47. The van der Waals surface area contributed by atoms with Crippen molar-refractivity contribution in [1.29, 1.82) is 0 Å². The smallest absolute Gasteiger partial charge is 0.223 e. The molecule has 0 aromatic carbocycles. The second kappa shape index (κ2) is 3.99. The van der Waals surface area contributed by atoms with Gasteiger partial charge in [-0.2, -0.15) is 9.97 Å². The van der Waals surface area contributed by atoms with Gasteiger partial charge in [-0.15, -0.1) is 0 Å². The van der Waals surface area contributed by atoms with Crippen molar-refractivity contribution in [2.75, 3.05) is 5.73 Å². The molecular weight excluding hydrogens is 152 g/mol. The van der Waals surface area contributed by atoms with Crippen molar-refractivity contribution >= 4 is 5.95 Å². The number of nitrogen functional groups attached to an aromatic ring is 1. The van der Waals surface area contributed by atoms with Crippen LogP contribution in [-0.4, -0.2) is 15.0 Å². The van der Waals surface area contributed by atoms with Crippen LogP contribution < -0.4 is 5.73 Å². The van der Waals surface area contributed by atoms with Crippen LogP contribution in [0.3, 0.4) is 0 Å². The quantitative estimate of drug-likeness (QED) is 0.730. The molecule has 0 fully saturated rings. The van der Waals surface area contributed by atoms with Crippen molar-refractivity contribution in [2.45, 2.75) is 33.1 Å². The van der Waals surface area contributed by atoms with Crippen LogP contribution in [0, 0.1) is 6.92 Å². The molecule has 0 aliphatic heterocycles. The molecule has 0 bridgehead atoms. The molecule has 2 N–H and O–H groups in total. The third-order valence-electron chi connectivity index (χ3n) is 1.56. The first-order chi connectivity index (χ1) is 5.72. The van der Waals surface area contributed by atoms with E-state index in [4.69, 9.17) is 5.73 Å². The highest BCUT2D eigenvalue weighted by molar-refractivity contribution is 5.15. The van der Waals surface area contributed by atoms with Crippen LogP contribution in [0.5, 0.6) is 0 Å². The van der Waals surface area contributed by atoms with Gasteiger partial charge in [-0.25, -0.2) is 4.98 Å². The number of aromatic nitrogens is 3. The maximum Gasteiger partial charge on any atom is 0.223 e. The Kier molecular flexibility index (Phi) is 2.96. The Hall–Kier alpha value is -1.19. The first-order valence-electron chi connectivity index (χ1n) is 4.19. The molecule has 4 heteroatoms. The fourth-order valence-electron chi connectivity index (χ4n) is 1.01. The molecule has 0 radical (unpaired) electrons. The molecule has 1 rings (SSSR count). The minimum Gasteiger partial charge on any atom is -0.368 e. The predicted molar refractivity (Wildman–Crippen MR) is 47.6 cm³/mol. The van der Waals surface area contributed by atoms with Gasteiger partial charge in [0.2, 0.25) is 5.95 Å². The fraction of sp³-hybridized carbons (Fsp3) is 0.625. The first-order valence-corrected chi connectivity index (χ1v) is 4.19. The van der Waals surface area contributed by atoms with E-state index in [1.165, 1.54) is 0 Å². The van der Waals surface area contributed by atoms with Gasteiger partial charge in [-0.05, 0) is 13.3 Å². The number of hydrogen-bond donors (Lipinski definition) is 1. The molecule has 1 aromatic heterocycles. The van der Waals surface area contributed by atoms with E-state index in [9.17, 15) is 0 Å². The van der Waals surface area contributed by atoms with Gasteiger partial charge in [0.15, 0.2) is 0 Å². The summed E-state index contributed by atoms with van der Waals surface area (Å²) >= 11 is 0. The van der Waals surface area contributed by atoms with E-state index >= 15 is 0 Å². The molecule has 0 spiro atoms. The standard InChI is InChI=1S/C8H14N4/c1-3-4-5-7-10-6(2)11-8(9)12-7/h3-5H2,1-2H3,(H2,9,10,11,12). The van der Waals surface area contributed by atoms with Crippen LogP contribution in [0.4, 0.5) is 5.95 Å². The number of rotatable bonds is 3. The lowest BCUT2D eigenvalue weighted by Gasteiger charge is -2.00. The maximum atomic E-state index is 5.47. The molecule has 1 heterocycles. The highest BCUT2D eigenvalue weighted by Crippen LogP contribution is 2.01. The minimum absolute atomic E-state index is 0.327. The SMILES string of the molecule is CCCCc1nc(C)nc(N)n1. The van der Waals surface area contributed by atoms with Gasteiger partial charge in [0.25, 0.3) is 0 Å². The predicted octanol–water partition coefficient (Wildman–Crippen LogP) is 1.10. The Morgan fingerprint density at radius 1 is 1.25 bits per heavy atom. The largest absolute Gasteiger partial charge is 0.368 e. The van der Waals surface area contributed by atoms with Crippen LogP contribution >= 0.6 is 0 Å². The molecule has 4 nitrogen and oxygen atoms in total. The highest BCUT2D eigenvalue weighted by Gasteiger charge is 1.99. The zero-order chi connectivity index (χ0) is 8.97. The zero-order valence-electron chi connectivity index (χ0n) is 7.54. The van der Waals surface area contributed by atoms with Crippen molar-refractivity contribution in [3.8, 4) is 0 Å². The lowest BCUT2D eigenvalue weighted by atomic mass is 10.2. The third-order valence-corrected chi connectivity index (χ3v) is 1.56. The number of aryl methyl sites for hydroxylation is 2. The summed E-state index contributed by atoms with van der Waals surface area (Å²) in [6.45, 7) is 3.96. The van der Waals surface area contributed by atoms with Gasteiger partial charge >= 0.3 is 0 Å². The van der Waals surface area contributed by atoms with Gasteiger partial charge in [-0.3, -0.25) is 0 Å². The van der Waals surface area contributed by atoms with Crippen molar-refractivity contribution in [3.05, 3.63) is 11.6 Å². The number of nitrogens with two attached hydrogens (primary N) is 1. The molecule has 1 aromatic rings. The molecular formula is C8H14N4. The second-order valence-electron chi connectivity index (χ2n) is 2.76. The van der Waals surface area contributed by atoms with E-state index in [1.54, 1.807) is 0 Å². The van der Waals surface area contributed by atoms with Crippen molar-refractivity contribution in [3.63, 3.8) is 0 Å². The Morgan fingerprint density at radius 2 is 2.00 bits per heavy atom. The van der Waals surface area contributed by atoms with Gasteiger partial charge < -0.3 is 5.73 Å². The molecule has 0 atom stereocenters. The van der Waals surface area contributed by atoms with E-state index in [-0.39, 0.29) is 0 Å². The molecule has 0 amide bonds. The number of unbranched alkanes of at least 4 members (excludes halogenated alkanes) is 1. The molecule has 0 aliphatic rings. The average molecular weight is 166 g/mol. The van der Waals surface area contributed by atoms with E-state index < -0.39 is 0 Å². The van der Waals surface area contributed by atoms with Gasteiger partial charge in [0.05, 0.1) is 0 Å².